The summed E-state index contributed by atoms with van der Waals surface area (Å²) in [4.78, 5) is -0.258. The number of hydrogen-bond donors (Lipinski definition) is 1. The van der Waals surface area contributed by atoms with Crippen molar-refractivity contribution in [3.63, 3.8) is 0 Å². The van der Waals surface area contributed by atoms with Crippen molar-refractivity contribution in [3.8, 4) is 0 Å². The summed E-state index contributed by atoms with van der Waals surface area (Å²) in [6.45, 7) is 1.02. The van der Waals surface area contributed by atoms with Crippen LogP contribution >= 0.6 is 0 Å². The summed E-state index contributed by atoms with van der Waals surface area (Å²) >= 11 is 0. The summed E-state index contributed by atoms with van der Waals surface area (Å²) in [6.07, 6.45) is 5.60. The molecule has 3 rings (SSSR count). The van der Waals surface area contributed by atoms with Gasteiger partial charge in [-0.1, -0.05) is 19.3 Å². The lowest BCUT2D eigenvalue weighted by molar-refractivity contribution is 0.136. The molecule has 0 aromatic heterocycles. The van der Waals surface area contributed by atoms with E-state index >= 15 is 0 Å². The van der Waals surface area contributed by atoms with E-state index < -0.39 is 15.8 Å². The van der Waals surface area contributed by atoms with E-state index in [1.54, 1.807) is 0 Å². The number of piperidine rings is 1. The number of nitrogens with two attached hydrogens (primary N) is 1. The topological polar surface area (TPSA) is 63.4 Å². The molecule has 0 radical (unpaired) electrons. The van der Waals surface area contributed by atoms with E-state index in [9.17, 15) is 12.8 Å². The van der Waals surface area contributed by atoms with Crippen molar-refractivity contribution in [1.82, 2.24) is 4.31 Å². The van der Waals surface area contributed by atoms with Gasteiger partial charge in [0, 0.05) is 18.8 Å². The van der Waals surface area contributed by atoms with Gasteiger partial charge in [-0.25, -0.2) is 12.8 Å². The molecular formula is C15H21FN2O2S. The van der Waals surface area contributed by atoms with E-state index in [0.717, 1.165) is 18.9 Å². The predicted molar refractivity (Wildman–Crippen MR) is 79.6 cm³/mol. The van der Waals surface area contributed by atoms with E-state index in [2.05, 4.69) is 0 Å². The van der Waals surface area contributed by atoms with Gasteiger partial charge in [-0.3, -0.25) is 0 Å². The number of benzene rings is 1. The molecule has 2 fully saturated rings. The molecule has 2 atom stereocenters. The van der Waals surface area contributed by atoms with E-state index in [-0.39, 0.29) is 10.6 Å². The Labute approximate surface area is 125 Å². The Balaban J connectivity index is 1.85. The Hall–Kier alpha value is -1.14. The minimum Gasteiger partial charge on any atom is -0.399 e. The van der Waals surface area contributed by atoms with Gasteiger partial charge >= 0.3 is 0 Å². The third kappa shape index (κ3) is 2.79. The fourth-order valence-corrected chi connectivity index (χ4v) is 5.21. The minimum atomic E-state index is -3.76. The number of anilines is 1. The molecule has 1 saturated heterocycles. The molecule has 0 amide bonds. The number of nitrogen functional groups attached to an aromatic ring is 1. The van der Waals surface area contributed by atoms with Crippen LogP contribution in [0, 0.1) is 17.7 Å². The molecule has 1 aliphatic heterocycles. The van der Waals surface area contributed by atoms with Gasteiger partial charge in [0.1, 0.15) is 10.7 Å². The molecule has 1 heterocycles. The number of hydrogen-bond acceptors (Lipinski definition) is 3. The first-order valence-corrected chi connectivity index (χ1v) is 8.97. The lowest BCUT2D eigenvalue weighted by Gasteiger charge is -2.40. The first-order valence-electron chi connectivity index (χ1n) is 7.53. The lowest BCUT2D eigenvalue weighted by Crippen LogP contribution is -2.44. The second-order valence-electron chi connectivity index (χ2n) is 6.15. The zero-order chi connectivity index (χ0) is 15.0. The van der Waals surface area contributed by atoms with Gasteiger partial charge in [0.2, 0.25) is 10.0 Å². The van der Waals surface area contributed by atoms with Crippen molar-refractivity contribution in [3.05, 3.63) is 24.0 Å². The molecule has 1 saturated carbocycles. The highest BCUT2D eigenvalue weighted by molar-refractivity contribution is 7.89. The van der Waals surface area contributed by atoms with Gasteiger partial charge in [0.05, 0.1) is 0 Å². The molecule has 1 aliphatic carbocycles. The molecule has 2 unspecified atom stereocenters. The van der Waals surface area contributed by atoms with Crippen LogP contribution in [0.25, 0.3) is 0 Å². The Morgan fingerprint density at radius 3 is 2.57 bits per heavy atom. The first kappa shape index (κ1) is 14.8. The number of sulfonamides is 1. The molecule has 0 spiro atoms. The van der Waals surface area contributed by atoms with Crippen molar-refractivity contribution in [2.45, 2.75) is 37.0 Å². The van der Waals surface area contributed by atoms with Gasteiger partial charge in [-0.2, -0.15) is 4.31 Å². The summed E-state index contributed by atoms with van der Waals surface area (Å²) in [6, 6.07) is 3.77. The van der Waals surface area contributed by atoms with Crippen molar-refractivity contribution in [2.24, 2.45) is 11.8 Å². The number of fused-ring (bicyclic) bond motifs is 1. The third-order valence-corrected chi connectivity index (χ3v) is 6.73. The second-order valence-corrected chi connectivity index (χ2v) is 8.05. The molecule has 1 aromatic carbocycles. The van der Waals surface area contributed by atoms with Crippen LogP contribution in [0.1, 0.15) is 32.1 Å². The maximum absolute atomic E-state index is 13.9. The Morgan fingerprint density at radius 1 is 1.14 bits per heavy atom. The van der Waals surface area contributed by atoms with Crippen LogP contribution in [0.2, 0.25) is 0 Å². The van der Waals surface area contributed by atoms with Crippen LogP contribution in [0.5, 0.6) is 0 Å². The monoisotopic (exact) mass is 312 g/mol. The van der Waals surface area contributed by atoms with E-state index in [1.807, 2.05) is 0 Å². The Bertz CT molecular complexity index is 633. The lowest BCUT2D eigenvalue weighted by atomic mass is 9.76. The van der Waals surface area contributed by atoms with Gasteiger partial charge in [-0.15, -0.1) is 0 Å². The quantitative estimate of drug-likeness (QED) is 0.854. The summed E-state index contributed by atoms with van der Waals surface area (Å²) in [5.41, 5.74) is 5.72. The highest BCUT2D eigenvalue weighted by Gasteiger charge is 2.37. The van der Waals surface area contributed by atoms with Gasteiger partial charge in [-0.05, 0) is 42.9 Å². The van der Waals surface area contributed by atoms with E-state index in [4.69, 9.17) is 5.73 Å². The molecule has 6 heteroatoms. The Kier molecular flexibility index (Phi) is 3.92. The zero-order valence-electron chi connectivity index (χ0n) is 12.0. The third-order valence-electron chi connectivity index (χ3n) is 4.83. The van der Waals surface area contributed by atoms with Crippen LogP contribution in [0.3, 0.4) is 0 Å². The van der Waals surface area contributed by atoms with Crippen LogP contribution in [0.15, 0.2) is 23.1 Å². The fraction of sp³-hybridized carbons (Fsp3) is 0.600. The smallest absolute Gasteiger partial charge is 0.245 e. The van der Waals surface area contributed by atoms with Crippen LogP contribution in [-0.2, 0) is 10.0 Å². The molecule has 2 N–H and O–H groups in total. The molecule has 2 aliphatic rings. The molecule has 4 nitrogen and oxygen atoms in total. The molecule has 21 heavy (non-hydrogen) atoms. The molecule has 116 valence electrons. The summed E-state index contributed by atoms with van der Waals surface area (Å²) < 4.78 is 40.7. The van der Waals surface area contributed by atoms with Crippen molar-refractivity contribution >= 4 is 15.7 Å². The van der Waals surface area contributed by atoms with Crippen molar-refractivity contribution < 1.29 is 12.8 Å². The maximum Gasteiger partial charge on any atom is 0.245 e. The largest absolute Gasteiger partial charge is 0.399 e. The highest BCUT2D eigenvalue weighted by atomic mass is 32.2. The average Bonchev–Trinajstić information content (AvgIpc) is 2.46. The van der Waals surface area contributed by atoms with Gasteiger partial charge in [0.25, 0.3) is 0 Å². The van der Waals surface area contributed by atoms with Crippen molar-refractivity contribution in [2.75, 3.05) is 18.8 Å². The zero-order valence-corrected chi connectivity index (χ0v) is 12.8. The number of halogens is 1. The van der Waals surface area contributed by atoms with Crippen LogP contribution < -0.4 is 5.73 Å². The van der Waals surface area contributed by atoms with Crippen LogP contribution in [-0.4, -0.2) is 25.8 Å². The molecule has 1 aromatic rings. The molecule has 0 bridgehead atoms. The first-order chi connectivity index (χ1) is 9.98. The maximum atomic E-state index is 13.9. The Morgan fingerprint density at radius 2 is 1.86 bits per heavy atom. The minimum absolute atomic E-state index is 0.234. The van der Waals surface area contributed by atoms with E-state index in [1.165, 1.54) is 35.7 Å². The van der Waals surface area contributed by atoms with Gasteiger partial charge in [0.15, 0.2) is 0 Å². The summed E-state index contributed by atoms with van der Waals surface area (Å²) in [5, 5.41) is 0. The predicted octanol–water partition coefficient (Wildman–Crippen LogP) is 2.61. The molecular weight excluding hydrogens is 291 g/mol. The standard InChI is InChI=1S/C15H21FN2O2S/c16-14-9-13(17)5-6-15(14)21(19,20)18-8-7-11-3-1-2-4-12(11)10-18/h5-6,9,11-12H,1-4,7-8,10,17H2. The van der Waals surface area contributed by atoms with Crippen molar-refractivity contribution in [1.29, 1.82) is 0 Å². The normalized spacial score (nSPS) is 27.3. The van der Waals surface area contributed by atoms with Gasteiger partial charge < -0.3 is 5.73 Å². The highest BCUT2D eigenvalue weighted by Crippen LogP contribution is 2.37. The number of nitrogens with zero attached hydrogens (tertiary/aromatic N) is 1. The second kappa shape index (κ2) is 5.57. The SMILES string of the molecule is Nc1ccc(S(=O)(=O)N2CCC3CCCCC3C2)c(F)c1. The summed E-state index contributed by atoms with van der Waals surface area (Å²) in [7, 11) is -3.76. The number of rotatable bonds is 2. The fourth-order valence-electron chi connectivity index (χ4n) is 3.65. The summed E-state index contributed by atoms with van der Waals surface area (Å²) in [5.74, 6) is 0.307. The van der Waals surface area contributed by atoms with E-state index in [0.29, 0.717) is 24.9 Å². The van der Waals surface area contributed by atoms with Crippen LogP contribution in [0.4, 0.5) is 10.1 Å². The average molecular weight is 312 g/mol.